The molecule has 6 nitrogen and oxygen atoms in total. The van der Waals surface area contributed by atoms with Gasteiger partial charge in [0.1, 0.15) is 5.41 Å². The first-order valence-corrected chi connectivity index (χ1v) is 17.0. The highest BCUT2D eigenvalue weighted by Gasteiger charge is 2.48. The molecule has 2 heterocycles. The molecule has 6 heteroatoms. The van der Waals surface area contributed by atoms with Crippen molar-refractivity contribution < 1.29 is 9.59 Å². The van der Waals surface area contributed by atoms with Crippen molar-refractivity contribution in [2.24, 2.45) is 0 Å². The second kappa shape index (κ2) is 12.4. The summed E-state index contributed by atoms with van der Waals surface area (Å²) in [6.07, 6.45) is 8.83. The number of fused-ring (bicyclic) bond motifs is 4. The third kappa shape index (κ3) is 5.11. The summed E-state index contributed by atoms with van der Waals surface area (Å²) in [5.74, 6) is 0.362. The van der Waals surface area contributed by atoms with Crippen LogP contribution in [0.5, 0.6) is 0 Å². The van der Waals surface area contributed by atoms with E-state index in [1.165, 1.54) is 41.6 Å². The summed E-state index contributed by atoms with van der Waals surface area (Å²) in [5.41, 5.74) is 7.32. The fraction of sp³-hybridized carbons (Fsp3) is 0.474. The van der Waals surface area contributed by atoms with Crippen LogP contribution in [0.4, 0.5) is 5.69 Å². The van der Waals surface area contributed by atoms with E-state index in [1.54, 1.807) is 0 Å². The minimum Gasteiger partial charge on any atom is -0.369 e. The van der Waals surface area contributed by atoms with Crippen LogP contribution in [0.2, 0.25) is 0 Å². The van der Waals surface area contributed by atoms with Crippen molar-refractivity contribution in [3.05, 3.63) is 89.0 Å². The molecule has 3 aromatic rings. The molecule has 230 valence electrons. The van der Waals surface area contributed by atoms with Crippen LogP contribution in [0.15, 0.2) is 66.7 Å². The third-order valence-corrected chi connectivity index (χ3v) is 10.8. The highest BCUT2D eigenvalue weighted by molar-refractivity contribution is 6.00. The van der Waals surface area contributed by atoms with E-state index in [0.29, 0.717) is 12.6 Å². The monoisotopic (exact) mass is 590 g/mol. The van der Waals surface area contributed by atoms with Gasteiger partial charge in [-0.3, -0.25) is 14.5 Å². The molecule has 2 fully saturated rings. The summed E-state index contributed by atoms with van der Waals surface area (Å²) >= 11 is 0. The minimum absolute atomic E-state index is 0.117. The number of nitrogens with one attached hydrogen (secondary N) is 1. The predicted octanol–water partition coefficient (Wildman–Crippen LogP) is 6.02. The van der Waals surface area contributed by atoms with Crippen LogP contribution in [0.3, 0.4) is 0 Å². The predicted molar refractivity (Wildman–Crippen MR) is 177 cm³/mol. The van der Waals surface area contributed by atoms with E-state index in [2.05, 4.69) is 86.7 Å². The van der Waals surface area contributed by atoms with Gasteiger partial charge < -0.3 is 15.1 Å². The normalized spacial score (nSPS) is 19.8. The average Bonchev–Trinajstić information content (AvgIpc) is 3.36. The third-order valence-electron chi connectivity index (χ3n) is 10.8. The summed E-state index contributed by atoms with van der Waals surface area (Å²) in [6.45, 7) is 8.34. The maximum absolute atomic E-state index is 13.9. The zero-order chi connectivity index (χ0) is 30.1. The zero-order valence-electron chi connectivity index (χ0n) is 26.2. The molecule has 0 aromatic heterocycles. The van der Waals surface area contributed by atoms with Gasteiger partial charge in [0.2, 0.25) is 5.91 Å². The van der Waals surface area contributed by atoms with Crippen LogP contribution < -0.4 is 10.2 Å². The molecule has 2 amide bonds. The molecular weight excluding hydrogens is 544 g/mol. The van der Waals surface area contributed by atoms with E-state index in [-0.39, 0.29) is 11.8 Å². The molecule has 0 spiro atoms. The Morgan fingerprint density at radius 2 is 1.52 bits per heavy atom. The van der Waals surface area contributed by atoms with Gasteiger partial charge in [-0.25, -0.2) is 0 Å². The van der Waals surface area contributed by atoms with Gasteiger partial charge in [0.25, 0.3) is 5.91 Å². The van der Waals surface area contributed by atoms with Crippen LogP contribution in [0, 0.1) is 0 Å². The average molecular weight is 591 g/mol. The number of piperazine rings is 1. The number of nitrogens with zero attached hydrogens (tertiary/aromatic N) is 3. The smallest absolute Gasteiger partial charge is 0.254 e. The first-order valence-electron chi connectivity index (χ1n) is 17.0. The summed E-state index contributed by atoms with van der Waals surface area (Å²) < 4.78 is 0. The molecule has 1 saturated carbocycles. The fourth-order valence-electron chi connectivity index (χ4n) is 8.48. The Labute approximate surface area is 262 Å². The molecule has 1 saturated heterocycles. The van der Waals surface area contributed by atoms with Crippen LogP contribution in [0.25, 0.3) is 11.1 Å². The van der Waals surface area contributed by atoms with Crippen LogP contribution in [0.1, 0.15) is 78.9 Å². The van der Waals surface area contributed by atoms with Gasteiger partial charge in [-0.2, -0.15) is 0 Å². The van der Waals surface area contributed by atoms with Crippen LogP contribution in [-0.2, 0) is 16.6 Å². The maximum atomic E-state index is 13.9. The Hall–Kier alpha value is -3.64. The molecule has 0 atom stereocenters. The number of likely N-dealkylation sites (N-methyl/N-ethyl adjacent to an activating group) is 1. The molecule has 0 bridgehead atoms. The number of hydrogen-bond donors (Lipinski definition) is 1. The van der Waals surface area contributed by atoms with Crippen molar-refractivity contribution in [2.75, 3.05) is 50.7 Å². The number of amides is 2. The van der Waals surface area contributed by atoms with Gasteiger partial charge in [0, 0.05) is 56.6 Å². The lowest BCUT2D eigenvalue weighted by atomic mass is 9.73. The Balaban J connectivity index is 1.01. The van der Waals surface area contributed by atoms with Crippen LogP contribution >= 0.6 is 0 Å². The molecule has 7 rings (SSSR count). The van der Waals surface area contributed by atoms with E-state index in [1.807, 2.05) is 6.92 Å². The topological polar surface area (TPSA) is 55.9 Å². The molecule has 0 radical (unpaired) electrons. The Morgan fingerprint density at radius 1 is 0.841 bits per heavy atom. The lowest BCUT2D eigenvalue weighted by molar-refractivity contribution is -0.125. The number of carbonyl (C=O) groups is 2. The van der Waals surface area contributed by atoms with Gasteiger partial charge in [0.15, 0.2) is 0 Å². The van der Waals surface area contributed by atoms with E-state index >= 15 is 0 Å². The summed E-state index contributed by atoms with van der Waals surface area (Å²) in [7, 11) is 0. The number of anilines is 1. The highest BCUT2D eigenvalue weighted by atomic mass is 16.2. The molecule has 1 N–H and O–H groups in total. The Bertz CT molecular complexity index is 1470. The molecule has 4 aliphatic rings. The van der Waals surface area contributed by atoms with Gasteiger partial charge in [-0.15, -0.1) is 0 Å². The maximum Gasteiger partial charge on any atom is 0.254 e. The van der Waals surface area contributed by atoms with Gasteiger partial charge in [-0.1, -0.05) is 73.9 Å². The van der Waals surface area contributed by atoms with Crippen molar-refractivity contribution in [3.8, 4) is 11.1 Å². The second-order valence-electron chi connectivity index (χ2n) is 13.2. The van der Waals surface area contributed by atoms with Gasteiger partial charge >= 0.3 is 0 Å². The highest BCUT2D eigenvalue weighted by Crippen LogP contribution is 2.51. The fourth-order valence-corrected chi connectivity index (χ4v) is 8.48. The van der Waals surface area contributed by atoms with E-state index in [4.69, 9.17) is 0 Å². The number of rotatable bonds is 8. The number of hydrogen-bond acceptors (Lipinski definition) is 4. The second-order valence-corrected chi connectivity index (χ2v) is 13.2. The van der Waals surface area contributed by atoms with Crippen molar-refractivity contribution in [1.29, 1.82) is 0 Å². The number of carbonyl (C=O) groups excluding carboxylic acids is 2. The molecule has 3 aromatic carbocycles. The zero-order valence-corrected chi connectivity index (χ0v) is 26.2. The largest absolute Gasteiger partial charge is 0.369 e. The Morgan fingerprint density at radius 3 is 2.20 bits per heavy atom. The van der Waals surface area contributed by atoms with E-state index in [9.17, 15) is 9.59 Å². The van der Waals surface area contributed by atoms with Gasteiger partial charge in [-0.05, 0) is 85.5 Å². The number of benzene rings is 3. The van der Waals surface area contributed by atoms with E-state index < -0.39 is 5.41 Å². The molecular formula is C38H46N4O2. The minimum atomic E-state index is -0.647. The van der Waals surface area contributed by atoms with Crippen molar-refractivity contribution in [2.45, 2.75) is 69.7 Å². The van der Waals surface area contributed by atoms with Crippen molar-refractivity contribution >= 4 is 17.5 Å². The molecule has 0 unspecified atom stereocenters. The standard InChI is InChI=1S/C38H46N4O2/c1-2-39-37(44)38(34-15-8-6-13-31(34)32-14-7-9-16-35(32)38)20-10-21-40-23-25-41(26-24-40)30-18-17-28-19-22-42(36(43)33(28)27-30)29-11-4-3-5-12-29/h6-9,13-18,27,29H,2-5,10-12,19-26H2,1H3,(H,39,44). The Kier molecular flexibility index (Phi) is 8.19. The SMILES string of the molecule is CCNC(=O)C1(CCCN2CCN(c3ccc4c(c3)C(=O)N(C3CCCCC3)CC4)CC2)c2ccccc2-c2ccccc21. The molecule has 44 heavy (non-hydrogen) atoms. The lowest BCUT2D eigenvalue weighted by Gasteiger charge is -2.39. The summed E-state index contributed by atoms with van der Waals surface area (Å²) in [4.78, 5) is 34.6. The van der Waals surface area contributed by atoms with E-state index in [0.717, 1.165) is 88.1 Å². The van der Waals surface area contributed by atoms with Crippen molar-refractivity contribution in [1.82, 2.24) is 15.1 Å². The molecule has 2 aliphatic heterocycles. The first-order chi connectivity index (χ1) is 21.6. The summed E-state index contributed by atoms with van der Waals surface area (Å²) in [5, 5.41) is 3.18. The first kappa shape index (κ1) is 29.1. The molecule has 2 aliphatic carbocycles. The van der Waals surface area contributed by atoms with Gasteiger partial charge in [0.05, 0.1) is 0 Å². The quantitative estimate of drug-likeness (QED) is 0.349. The summed E-state index contributed by atoms with van der Waals surface area (Å²) in [6, 6.07) is 24.0. The van der Waals surface area contributed by atoms with Crippen molar-refractivity contribution in [3.63, 3.8) is 0 Å². The lowest BCUT2D eigenvalue weighted by Crippen LogP contribution is -2.48. The van der Waals surface area contributed by atoms with Crippen LogP contribution in [-0.4, -0.2) is 73.5 Å².